The summed E-state index contributed by atoms with van der Waals surface area (Å²) in [5.41, 5.74) is 2.28. The summed E-state index contributed by atoms with van der Waals surface area (Å²) in [6, 6.07) is 10.6. The van der Waals surface area contributed by atoms with Crippen LogP contribution in [0.3, 0.4) is 0 Å². The molecule has 1 aromatic heterocycles. The van der Waals surface area contributed by atoms with Crippen molar-refractivity contribution in [2.24, 2.45) is 7.05 Å². The minimum atomic E-state index is -5.08. The van der Waals surface area contributed by atoms with E-state index >= 15 is 0 Å². The largest absolute Gasteiger partial charge is 0.490 e. The molecule has 0 saturated carbocycles. The average Bonchev–Trinajstić information content (AvgIpc) is 3.33. The number of nitrogens with zero attached hydrogens (tertiary/aromatic N) is 4. The van der Waals surface area contributed by atoms with Crippen molar-refractivity contribution in [3.8, 4) is 0 Å². The smallest absolute Gasteiger partial charge is 0.475 e. The molecule has 1 aliphatic rings. The number of likely N-dealkylation sites (N-methyl/N-ethyl adjacent to an activating group) is 1. The van der Waals surface area contributed by atoms with E-state index in [2.05, 4.69) is 29.4 Å². The molecular weight excluding hydrogens is 427 g/mol. The zero-order valence-corrected chi connectivity index (χ0v) is 18.2. The predicted octanol–water partition coefficient (Wildman–Crippen LogP) is 2.51. The van der Waals surface area contributed by atoms with Crippen LogP contribution in [0.2, 0.25) is 0 Å². The number of carboxylic acid groups (broad SMARTS) is 1. The second-order valence-electron chi connectivity index (χ2n) is 7.75. The van der Waals surface area contributed by atoms with E-state index < -0.39 is 12.1 Å². The number of urea groups is 1. The van der Waals surface area contributed by atoms with Gasteiger partial charge in [0.1, 0.15) is 0 Å². The molecule has 2 heterocycles. The first-order valence-corrected chi connectivity index (χ1v) is 10.0. The summed E-state index contributed by atoms with van der Waals surface area (Å²) in [5, 5.41) is 14.5. The SMILES string of the molecule is CN(C)[C@@H]1CCN(C(=O)NCc2ccccc2)[C@H]1Cc1cnn(C)c1.O=C(O)C(F)(F)F. The molecule has 0 radical (unpaired) electrons. The van der Waals surface area contributed by atoms with Gasteiger partial charge < -0.3 is 20.2 Å². The van der Waals surface area contributed by atoms with Gasteiger partial charge in [-0.15, -0.1) is 0 Å². The van der Waals surface area contributed by atoms with Crippen LogP contribution in [0.15, 0.2) is 42.7 Å². The normalized spacial score (nSPS) is 18.3. The van der Waals surface area contributed by atoms with Crippen LogP contribution in [-0.4, -0.2) is 75.6 Å². The minimum Gasteiger partial charge on any atom is -0.475 e. The van der Waals surface area contributed by atoms with Gasteiger partial charge >= 0.3 is 18.2 Å². The van der Waals surface area contributed by atoms with E-state index in [1.807, 2.05) is 59.4 Å². The van der Waals surface area contributed by atoms with Gasteiger partial charge in [0.05, 0.1) is 12.2 Å². The predicted molar refractivity (Wildman–Crippen MR) is 112 cm³/mol. The molecule has 2 aromatic rings. The van der Waals surface area contributed by atoms with Crippen molar-refractivity contribution in [1.29, 1.82) is 0 Å². The molecular formula is C21H28F3N5O3. The second-order valence-corrected chi connectivity index (χ2v) is 7.75. The maximum Gasteiger partial charge on any atom is 0.490 e. The van der Waals surface area contributed by atoms with Crippen LogP contribution in [0.5, 0.6) is 0 Å². The van der Waals surface area contributed by atoms with Crippen molar-refractivity contribution >= 4 is 12.0 Å². The number of carbonyl (C=O) groups is 2. The van der Waals surface area contributed by atoms with Gasteiger partial charge in [-0.2, -0.15) is 18.3 Å². The highest BCUT2D eigenvalue weighted by atomic mass is 19.4. The lowest BCUT2D eigenvalue weighted by Crippen LogP contribution is -2.49. The number of benzene rings is 1. The molecule has 0 aliphatic carbocycles. The maximum atomic E-state index is 12.8. The molecule has 2 amide bonds. The van der Waals surface area contributed by atoms with Gasteiger partial charge in [-0.25, -0.2) is 9.59 Å². The molecule has 2 N–H and O–H groups in total. The van der Waals surface area contributed by atoms with Gasteiger partial charge in [-0.05, 0) is 38.1 Å². The van der Waals surface area contributed by atoms with E-state index in [-0.39, 0.29) is 12.1 Å². The van der Waals surface area contributed by atoms with Crippen molar-refractivity contribution in [2.45, 2.75) is 37.6 Å². The summed E-state index contributed by atoms with van der Waals surface area (Å²) in [4.78, 5) is 25.9. The minimum absolute atomic E-state index is 0.0158. The molecule has 2 atom stereocenters. The molecule has 8 nitrogen and oxygen atoms in total. The summed E-state index contributed by atoms with van der Waals surface area (Å²) in [5.74, 6) is -2.76. The fraction of sp³-hybridized carbons (Fsp3) is 0.476. The molecule has 3 rings (SSSR count). The Morgan fingerprint density at radius 2 is 1.84 bits per heavy atom. The Morgan fingerprint density at radius 3 is 2.34 bits per heavy atom. The fourth-order valence-electron chi connectivity index (χ4n) is 3.63. The quantitative estimate of drug-likeness (QED) is 0.723. The monoisotopic (exact) mass is 455 g/mol. The van der Waals surface area contributed by atoms with Crippen molar-refractivity contribution in [3.63, 3.8) is 0 Å². The highest BCUT2D eigenvalue weighted by Crippen LogP contribution is 2.25. The van der Waals surface area contributed by atoms with Crippen molar-refractivity contribution in [3.05, 3.63) is 53.9 Å². The molecule has 1 fully saturated rings. The van der Waals surface area contributed by atoms with Crippen LogP contribution in [0.25, 0.3) is 0 Å². The summed E-state index contributed by atoms with van der Waals surface area (Å²) < 4.78 is 33.6. The van der Waals surface area contributed by atoms with Crippen LogP contribution >= 0.6 is 0 Å². The topological polar surface area (TPSA) is 90.7 Å². The number of aryl methyl sites for hydroxylation is 1. The molecule has 1 saturated heterocycles. The van der Waals surface area contributed by atoms with Crippen molar-refractivity contribution in [1.82, 2.24) is 24.9 Å². The van der Waals surface area contributed by atoms with Crippen LogP contribution in [-0.2, 0) is 24.8 Å². The Kier molecular flexibility index (Phi) is 8.64. The Hall–Kier alpha value is -3.08. The number of hydrogen-bond donors (Lipinski definition) is 2. The summed E-state index contributed by atoms with van der Waals surface area (Å²) in [6.45, 7) is 1.34. The van der Waals surface area contributed by atoms with Crippen LogP contribution in [0.1, 0.15) is 17.5 Å². The van der Waals surface area contributed by atoms with E-state index in [9.17, 15) is 18.0 Å². The number of hydrogen-bond acceptors (Lipinski definition) is 4. The van der Waals surface area contributed by atoms with Crippen LogP contribution in [0, 0.1) is 0 Å². The zero-order chi connectivity index (χ0) is 23.9. The highest BCUT2D eigenvalue weighted by Gasteiger charge is 2.39. The summed E-state index contributed by atoms with van der Waals surface area (Å²) in [6.07, 6.45) is 0.669. The first kappa shape index (κ1) is 25.2. The third-order valence-electron chi connectivity index (χ3n) is 5.17. The molecule has 176 valence electrons. The number of amides is 2. The number of rotatable bonds is 5. The molecule has 0 unspecified atom stereocenters. The number of aromatic nitrogens is 2. The van der Waals surface area contributed by atoms with Gasteiger partial charge in [0.25, 0.3) is 0 Å². The maximum absolute atomic E-state index is 12.8. The zero-order valence-electron chi connectivity index (χ0n) is 18.2. The van der Waals surface area contributed by atoms with Gasteiger partial charge in [-0.3, -0.25) is 4.68 Å². The molecule has 11 heteroatoms. The number of carbonyl (C=O) groups excluding carboxylic acids is 1. The lowest BCUT2D eigenvalue weighted by molar-refractivity contribution is -0.192. The average molecular weight is 455 g/mol. The molecule has 0 bridgehead atoms. The van der Waals surface area contributed by atoms with Crippen molar-refractivity contribution < 1.29 is 27.9 Å². The van der Waals surface area contributed by atoms with E-state index in [0.717, 1.165) is 24.9 Å². The summed E-state index contributed by atoms with van der Waals surface area (Å²) in [7, 11) is 6.10. The molecule has 0 spiro atoms. The Bertz CT molecular complexity index is 886. The van der Waals surface area contributed by atoms with E-state index in [4.69, 9.17) is 9.90 Å². The van der Waals surface area contributed by atoms with E-state index in [1.54, 1.807) is 0 Å². The molecule has 32 heavy (non-hydrogen) atoms. The number of likely N-dealkylation sites (tertiary alicyclic amines) is 1. The van der Waals surface area contributed by atoms with Crippen molar-refractivity contribution in [2.75, 3.05) is 20.6 Å². The highest BCUT2D eigenvalue weighted by molar-refractivity contribution is 5.75. The van der Waals surface area contributed by atoms with Gasteiger partial charge in [-0.1, -0.05) is 30.3 Å². The second kappa shape index (κ2) is 11.0. The standard InChI is InChI=1S/C19H27N5O.C2HF3O2/c1-22(2)17-9-10-24(18(17)11-16-13-21-23(3)14-16)19(25)20-12-15-7-5-4-6-8-15;3-2(4,5)1(6)7/h4-8,13-14,17-18H,9-12H2,1-3H3,(H,20,25);(H,6,7)/t17-,18+;/m1./s1. The van der Waals surface area contributed by atoms with Gasteiger partial charge in [0.15, 0.2) is 0 Å². The first-order chi connectivity index (χ1) is 15.0. The number of aliphatic carboxylic acids is 1. The summed E-state index contributed by atoms with van der Waals surface area (Å²) >= 11 is 0. The third kappa shape index (κ3) is 7.26. The fourth-order valence-corrected chi connectivity index (χ4v) is 3.63. The Morgan fingerprint density at radius 1 is 1.22 bits per heavy atom. The van der Waals surface area contributed by atoms with Crippen LogP contribution < -0.4 is 5.32 Å². The van der Waals surface area contributed by atoms with Gasteiger partial charge in [0, 0.05) is 32.4 Å². The van der Waals surface area contributed by atoms with E-state index in [0.29, 0.717) is 12.6 Å². The lowest BCUT2D eigenvalue weighted by atomic mass is 10.0. The number of nitrogens with one attached hydrogen (secondary N) is 1. The number of halogens is 3. The lowest BCUT2D eigenvalue weighted by Gasteiger charge is -2.31. The molecule has 1 aromatic carbocycles. The first-order valence-electron chi connectivity index (χ1n) is 10.0. The third-order valence-corrected chi connectivity index (χ3v) is 5.17. The van der Waals surface area contributed by atoms with Crippen LogP contribution in [0.4, 0.5) is 18.0 Å². The number of alkyl halides is 3. The van der Waals surface area contributed by atoms with E-state index in [1.165, 1.54) is 5.56 Å². The molecule has 1 aliphatic heterocycles. The Labute approximate surface area is 184 Å². The van der Waals surface area contributed by atoms with Gasteiger partial charge in [0.2, 0.25) is 0 Å². The Balaban J connectivity index is 0.000000451. The number of carboxylic acids is 1.